The number of ketones is 2. The average molecular weight is 456 g/mol. The third-order valence-electron chi connectivity index (χ3n) is 4.61. The van der Waals surface area contributed by atoms with Crippen molar-refractivity contribution in [2.45, 2.75) is 15.7 Å². The first-order valence-corrected chi connectivity index (χ1v) is 10.9. The van der Waals surface area contributed by atoms with Gasteiger partial charge in [0.25, 0.3) is 20.2 Å². The topological polar surface area (TPSA) is 156 Å². The van der Waals surface area contributed by atoms with Crippen LogP contribution < -0.4 is 29.6 Å². The number of Topliss-reactive ketones (excluding diaryl/α,β-unsaturated/α-hetero) is 2. The normalized spacial score (nSPS) is 14.6. The molecule has 0 radical (unpaired) electrons. The summed E-state index contributed by atoms with van der Waals surface area (Å²) >= 11 is 0. The summed E-state index contributed by atoms with van der Waals surface area (Å²) in [7, 11) is -9.71. The van der Waals surface area contributed by atoms with Gasteiger partial charge >= 0.3 is 29.6 Å². The van der Waals surface area contributed by atoms with E-state index >= 15 is 0 Å². The maximum Gasteiger partial charge on any atom is 1.00 e. The number of fused-ring (bicyclic) bond motifs is 2. The van der Waals surface area contributed by atoms with Crippen molar-refractivity contribution in [3.05, 3.63) is 65.4 Å². The monoisotopic (exact) mass is 456 g/mol. The number of carbonyl (C=O) groups is 2. The SMILES string of the molecule is O=C1c2ccccc2C(=O)C1c1ccc2cc(S(=O)(=O)O)cc(S(=O)(=O)O)c2n1.[Na+]. The van der Waals surface area contributed by atoms with Gasteiger partial charge in [0.15, 0.2) is 11.6 Å². The van der Waals surface area contributed by atoms with Crippen LogP contribution in [0, 0.1) is 0 Å². The number of nitrogens with zero attached hydrogens (tertiary/aromatic N) is 1. The van der Waals surface area contributed by atoms with Crippen LogP contribution in [-0.2, 0) is 20.2 Å². The van der Waals surface area contributed by atoms with Gasteiger partial charge < -0.3 is 0 Å². The molecule has 1 aliphatic carbocycles. The fourth-order valence-corrected chi connectivity index (χ4v) is 4.61. The summed E-state index contributed by atoms with van der Waals surface area (Å²) in [5.41, 5.74) is 0.0596. The van der Waals surface area contributed by atoms with Crippen molar-refractivity contribution < 1.29 is 65.1 Å². The Morgan fingerprint density at radius 3 is 1.87 bits per heavy atom. The second-order valence-electron chi connectivity index (χ2n) is 6.39. The van der Waals surface area contributed by atoms with E-state index in [-0.39, 0.29) is 57.3 Å². The Morgan fingerprint density at radius 2 is 1.37 bits per heavy atom. The van der Waals surface area contributed by atoms with E-state index in [0.717, 1.165) is 6.07 Å². The van der Waals surface area contributed by atoms with Crippen LogP contribution in [0.3, 0.4) is 0 Å². The fraction of sp³-hybridized carbons (Fsp3) is 0.0556. The molecule has 1 aromatic heterocycles. The number of carbonyl (C=O) groups excluding carboxylic acids is 2. The van der Waals surface area contributed by atoms with E-state index in [0.29, 0.717) is 6.07 Å². The molecule has 9 nitrogen and oxygen atoms in total. The van der Waals surface area contributed by atoms with Crippen LogP contribution in [0.4, 0.5) is 0 Å². The second-order valence-corrected chi connectivity index (χ2v) is 9.20. The Bertz CT molecular complexity index is 1410. The maximum atomic E-state index is 12.7. The number of pyridine rings is 1. The largest absolute Gasteiger partial charge is 1.00 e. The van der Waals surface area contributed by atoms with Crippen LogP contribution >= 0.6 is 0 Å². The maximum absolute atomic E-state index is 12.7. The van der Waals surface area contributed by atoms with Crippen LogP contribution in [0.25, 0.3) is 10.9 Å². The number of benzene rings is 2. The van der Waals surface area contributed by atoms with E-state index in [9.17, 15) is 35.5 Å². The zero-order valence-electron chi connectivity index (χ0n) is 15.3. The van der Waals surface area contributed by atoms with Gasteiger partial charge in [-0.15, -0.1) is 0 Å². The van der Waals surface area contributed by atoms with Crippen molar-refractivity contribution in [3.8, 4) is 0 Å². The van der Waals surface area contributed by atoms with Gasteiger partial charge in [-0.3, -0.25) is 23.7 Å². The number of hydrogen-bond acceptors (Lipinski definition) is 7. The van der Waals surface area contributed by atoms with Crippen LogP contribution in [-0.4, -0.2) is 42.5 Å². The standard InChI is InChI=1S/C18H11NO8S2.Na/c20-17-11-3-1-2-4-12(11)18(21)15(17)13-6-5-9-7-10(28(22,23)24)8-14(16(9)19-13)29(25,26)27;/h1-8,15H,(H,22,23,24)(H,25,26,27);/q;+1. The van der Waals surface area contributed by atoms with Crippen molar-refractivity contribution >= 4 is 42.7 Å². The molecule has 0 bridgehead atoms. The third-order valence-corrected chi connectivity index (χ3v) is 6.30. The molecule has 12 heteroatoms. The Morgan fingerprint density at radius 1 is 0.800 bits per heavy atom. The molecule has 0 fully saturated rings. The molecule has 0 saturated carbocycles. The van der Waals surface area contributed by atoms with E-state index in [1.54, 1.807) is 12.1 Å². The van der Waals surface area contributed by atoms with E-state index in [4.69, 9.17) is 0 Å². The van der Waals surface area contributed by atoms with E-state index in [1.807, 2.05) is 0 Å². The second kappa shape index (κ2) is 7.61. The van der Waals surface area contributed by atoms with Crippen molar-refractivity contribution in [2.75, 3.05) is 0 Å². The molecule has 3 aromatic rings. The molecule has 2 aromatic carbocycles. The molecule has 2 N–H and O–H groups in total. The van der Waals surface area contributed by atoms with Gasteiger partial charge in [-0.1, -0.05) is 30.3 Å². The quantitative estimate of drug-likeness (QED) is 0.284. The van der Waals surface area contributed by atoms with Crippen LogP contribution in [0.5, 0.6) is 0 Å². The Balaban J connectivity index is 0.00000256. The zero-order chi connectivity index (χ0) is 21.1. The molecule has 4 rings (SSSR count). The van der Waals surface area contributed by atoms with Gasteiger partial charge in [0, 0.05) is 16.5 Å². The Hall–Kier alpha value is -1.99. The van der Waals surface area contributed by atoms with Crippen LogP contribution in [0.15, 0.2) is 58.3 Å². The molecule has 0 saturated heterocycles. The molecule has 0 atom stereocenters. The molecule has 148 valence electrons. The number of hydrogen-bond donors (Lipinski definition) is 2. The predicted molar refractivity (Wildman–Crippen MR) is 99.2 cm³/mol. The molecule has 0 aliphatic heterocycles. The number of rotatable bonds is 3. The van der Waals surface area contributed by atoms with Gasteiger partial charge in [-0.2, -0.15) is 16.8 Å². The van der Waals surface area contributed by atoms with Gasteiger partial charge in [-0.25, -0.2) is 0 Å². The summed E-state index contributed by atoms with van der Waals surface area (Å²) < 4.78 is 65.1. The van der Waals surface area contributed by atoms with Crippen molar-refractivity contribution in [1.29, 1.82) is 0 Å². The first-order valence-electron chi connectivity index (χ1n) is 8.05. The summed E-state index contributed by atoms with van der Waals surface area (Å²) in [5, 5.41) is -0.0353. The van der Waals surface area contributed by atoms with Gasteiger partial charge in [0.2, 0.25) is 0 Å². The smallest absolute Gasteiger partial charge is 0.293 e. The van der Waals surface area contributed by atoms with Crippen molar-refractivity contribution in [3.63, 3.8) is 0 Å². The van der Waals surface area contributed by atoms with E-state index in [2.05, 4.69) is 4.98 Å². The minimum absolute atomic E-state index is 0. The van der Waals surface area contributed by atoms with Crippen molar-refractivity contribution in [1.82, 2.24) is 4.98 Å². The fourth-order valence-electron chi connectivity index (χ4n) is 3.31. The van der Waals surface area contributed by atoms with Crippen LogP contribution in [0.1, 0.15) is 32.3 Å². The molecule has 0 unspecified atom stereocenters. The van der Waals surface area contributed by atoms with E-state index in [1.165, 1.54) is 24.3 Å². The minimum Gasteiger partial charge on any atom is -0.293 e. The van der Waals surface area contributed by atoms with E-state index < -0.39 is 47.5 Å². The van der Waals surface area contributed by atoms with Crippen LogP contribution in [0.2, 0.25) is 0 Å². The minimum atomic E-state index is -4.94. The Kier molecular flexibility index (Phi) is 5.75. The summed E-state index contributed by atoms with van der Waals surface area (Å²) in [4.78, 5) is 27.8. The summed E-state index contributed by atoms with van der Waals surface area (Å²) in [6.07, 6.45) is 0. The van der Waals surface area contributed by atoms with Gasteiger partial charge in [-0.05, 0) is 18.2 Å². The molecule has 0 spiro atoms. The first kappa shape index (κ1) is 22.7. The summed E-state index contributed by atoms with van der Waals surface area (Å²) in [6, 6.07) is 10.3. The molecule has 1 aliphatic rings. The van der Waals surface area contributed by atoms with Crippen molar-refractivity contribution in [2.24, 2.45) is 0 Å². The van der Waals surface area contributed by atoms with Gasteiger partial charge in [0.05, 0.1) is 16.1 Å². The first-order chi connectivity index (χ1) is 13.5. The molecule has 0 amide bonds. The van der Waals surface area contributed by atoms with Gasteiger partial charge in [0.1, 0.15) is 10.8 Å². The molecular formula is C18H11NNaO8S2+. The molecular weight excluding hydrogens is 445 g/mol. The summed E-state index contributed by atoms with van der Waals surface area (Å²) in [6.45, 7) is 0. The predicted octanol–water partition coefficient (Wildman–Crippen LogP) is -1.10. The summed E-state index contributed by atoms with van der Waals surface area (Å²) in [5.74, 6) is -2.28. The zero-order valence-corrected chi connectivity index (χ0v) is 18.9. The third kappa shape index (κ3) is 3.73. The molecule has 30 heavy (non-hydrogen) atoms. The molecule has 1 heterocycles. The Labute approximate surface area is 192 Å². The number of aromatic nitrogens is 1. The average Bonchev–Trinajstić information content (AvgIpc) is 2.90.